The first-order valence-corrected chi connectivity index (χ1v) is 12.5. The summed E-state index contributed by atoms with van der Waals surface area (Å²) in [5.74, 6) is 0.469. The first-order valence-electron chi connectivity index (χ1n) is 10.6. The van der Waals surface area contributed by atoms with Crippen molar-refractivity contribution in [2.45, 2.75) is 62.6 Å². The van der Waals surface area contributed by atoms with Crippen LogP contribution in [0.3, 0.4) is 0 Å². The molecule has 1 aromatic rings. The van der Waals surface area contributed by atoms with E-state index in [1.54, 1.807) is 0 Å². The molecule has 0 spiro atoms. The Balaban J connectivity index is 1.61. The smallest absolute Gasteiger partial charge is 0.242 e. The molecule has 3 aliphatic heterocycles. The SMILES string of the molecule is CS(=O)(=O)NC1CCCN2C(=O)CNc3ccccc3C3CCC(CC3)OCC12. The minimum Gasteiger partial charge on any atom is -0.376 e. The van der Waals surface area contributed by atoms with Crippen LogP contribution in [0, 0.1) is 0 Å². The van der Waals surface area contributed by atoms with E-state index < -0.39 is 10.0 Å². The molecule has 1 aromatic carbocycles. The maximum Gasteiger partial charge on any atom is 0.242 e. The van der Waals surface area contributed by atoms with Gasteiger partial charge in [0.1, 0.15) is 0 Å². The van der Waals surface area contributed by atoms with Crippen LogP contribution in [0.25, 0.3) is 0 Å². The van der Waals surface area contributed by atoms with E-state index in [1.165, 1.54) is 11.8 Å². The van der Waals surface area contributed by atoms with Gasteiger partial charge in [-0.2, -0.15) is 0 Å². The van der Waals surface area contributed by atoms with Crippen LogP contribution >= 0.6 is 0 Å². The Bertz CT molecular complexity index is 836. The first-order chi connectivity index (χ1) is 13.9. The van der Waals surface area contributed by atoms with Gasteiger partial charge in [0.25, 0.3) is 0 Å². The highest BCUT2D eigenvalue weighted by Crippen LogP contribution is 2.38. The largest absolute Gasteiger partial charge is 0.376 e. The molecule has 7 nitrogen and oxygen atoms in total. The number of benzene rings is 1. The molecule has 160 valence electrons. The van der Waals surface area contributed by atoms with E-state index in [4.69, 9.17) is 4.74 Å². The number of rotatable bonds is 2. The highest BCUT2D eigenvalue weighted by molar-refractivity contribution is 7.88. The number of anilines is 1. The number of ether oxygens (including phenoxy) is 1. The monoisotopic (exact) mass is 421 g/mol. The van der Waals surface area contributed by atoms with Crippen LogP contribution < -0.4 is 10.0 Å². The Morgan fingerprint density at radius 2 is 1.90 bits per heavy atom. The average molecular weight is 422 g/mol. The zero-order valence-corrected chi connectivity index (χ0v) is 17.8. The van der Waals surface area contributed by atoms with Gasteiger partial charge in [-0.1, -0.05) is 18.2 Å². The molecule has 3 heterocycles. The van der Waals surface area contributed by atoms with Crippen LogP contribution in [0.2, 0.25) is 0 Å². The number of hydrogen-bond acceptors (Lipinski definition) is 5. The van der Waals surface area contributed by atoms with Crippen molar-refractivity contribution in [1.29, 1.82) is 0 Å². The van der Waals surface area contributed by atoms with Crippen molar-refractivity contribution in [3.63, 3.8) is 0 Å². The summed E-state index contributed by atoms with van der Waals surface area (Å²) in [5.41, 5.74) is 2.31. The molecule has 2 atom stereocenters. The van der Waals surface area contributed by atoms with Crippen LogP contribution in [0.4, 0.5) is 5.69 Å². The van der Waals surface area contributed by atoms with Crippen molar-refractivity contribution in [2.24, 2.45) is 0 Å². The Hall–Kier alpha value is -1.64. The predicted molar refractivity (Wildman–Crippen MR) is 112 cm³/mol. The minimum absolute atomic E-state index is 0.0139. The molecular weight excluding hydrogens is 390 g/mol. The molecule has 1 aliphatic carbocycles. The molecule has 0 aromatic heterocycles. The standard InChI is InChI=1S/C21H31N3O4S/c1-29(26,27)23-19-7-4-12-24-20(19)14-28-16-10-8-15(9-11-16)17-5-2-3-6-18(17)22-13-21(24)25/h2-3,5-6,15-16,19-20,22-23H,4,7-14H2,1H3. The Morgan fingerprint density at radius 3 is 2.66 bits per heavy atom. The lowest BCUT2D eigenvalue weighted by atomic mass is 9.82. The minimum atomic E-state index is -3.36. The molecule has 2 bridgehead atoms. The molecule has 1 saturated heterocycles. The van der Waals surface area contributed by atoms with Gasteiger partial charge in [0.05, 0.1) is 31.6 Å². The van der Waals surface area contributed by atoms with Gasteiger partial charge in [-0.25, -0.2) is 13.1 Å². The fraction of sp³-hybridized carbons (Fsp3) is 0.667. The summed E-state index contributed by atoms with van der Waals surface area (Å²) in [4.78, 5) is 14.9. The quantitative estimate of drug-likeness (QED) is 0.763. The second-order valence-corrected chi connectivity index (χ2v) is 10.3. The second-order valence-electron chi connectivity index (χ2n) is 8.54. The number of carbonyl (C=O) groups is 1. The number of sulfonamides is 1. The number of nitrogens with one attached hydrogen (secondary N) is 2. The van der Waals surface area contributed by atoms with Gasteiger partial charge >= 0.3 is 0 Å². The summed E-state index contributed by atoms with van der Waals surface area (Å²) < 4.78 is 32.7. The Labute approximate surface area is 173 Å². The van der Waals surface area contributed by atoms with Crippen LogP contribution in [-0.2, 0) is 19.6 Å². The van der Waals surface area contributed by atoms with Crippen molar-refractivity contribution in [3.05, 3.63) is 29.8 Å². The van der Waals surface area contributed by atoms with E-state index in [-0.39, 0.29) is 30.6 Å². The van der Waals surface area contributed by atoms with Crippen LogP contribution in [-0.4, -0.2) is 63.4 Å². The van der Waals surface area contributed by atoms with Crippen molar-refractivity contribution >= 4 is 21.6 Å². The molecule has 8 heteroatoms. The third-order valence-corrected chi connectivity index (χ3v) is 7.20. The number of hydrogen-bond donors (Lipinski definition) is 2. The van der Waals surface area contributed by atoms with Gasteiger partial charge in [-0.15, -0.1) is 0 Å². The van der Waals surface area contributed by atoms with Gasteiger partial charge in [0, 0.05) is 18.3 Å². The zero-order chi connectivity index (χ0) is 20.4. The molecular formula is C21H31N3O4S. The van der Waals surface area contributed by atoms with Gasteiger partial charge in [-0.3, -0.25) is 4.79 Å². The van der Waals surface area contributed by atoms with Crippen LogP contribution in [0.15, 0.2) is 24.3 Å². The van der Waals surface area contributed by atoms with Crippen molar-refractivity contribution < 1.29 is 17.9 Å². The van der Waals surface area contributed by atoms with E-state index in [9.17, 15) is 13.2 Å². The topological polar surface area (TPSA) is 87.7 Å². The lowest BCUT2D eigenvalue weighted by Gasteiger charge is -2.42. The molecule has 1 amide bonds. The van der Waals surface area contributed by atoms with Crippen molar-refractivity contribution in [3.8, 4) is 0 Å². The third-order valence-electron chi connectivity index (χ3n) is 6.47. The maximum atomic E-state index is 13.1. The van der Waals surface area contributed by atoms with E-state index in [2.05, 4.69) is 22.2 Å². The van der Waals surface area contributed by atoms with Crippen molar-refractivity contribution in [2.75, 3.05) is 31.3 Å². The van der Waals surface area contributed by atoms with Crippen LogP contribution in [0.5, 0.6) is 0 Å². The highest BCUT2D eigenvalue weighted by Gasteiger charge is 2.37. The molecule has 2 unspecified atom stereocenters. The van der Waals surface area contributed by atoms with E-state index in [0.29, 0.717) is 25.5 Å². The molecule has 0 radical (unpaired) electrons. The molecule has 2 fully saturated rings. The summed E-state index contributed by atoms with van der Waals surface area (Å²) in [6.45, 7) is 1.21. The molecule has 29 heavy (non-hydrogen) atoms. The first kappa shape index (κ1) is 20.6. The van der Waals surface area contributed by atoms with E-state index >= 15 is 0 Å². The van der Waals surface area contributed by atoms with Gasteiger partial charge < -0.3 is 15.0 Å². The lowest BCUT2D eigenvalue weighted by Crippen LogP contribution is -2.59. The Morgan fingerprint density at radius 1 is 1.14 bits per heavy atom. The molecule has 1 saturated carbocycles. The Kier molecular flexibility index (Phi) is 6.13. The third kappa shape index (κ3) is 4.92. The van der Waals surface area contributed by atoms with Gasteiger partial charge in [0.2, 0.25) is 15.9 Å². The molecule has 4 aliphatic rings. The normalized spacial score (nSPS) is 30.9. The maximum absolute atomic E-state index is 13.1. The fourth-order valence-electron chi connectivity index (χ4n) is 5.05. The second kappa shape index (κ2) is 8.62. The number of amides is 1. The van der Waals surface area contributed by atoms with E-state index in [0.717, 1.165) is 37.8 Å². The van der Waals surface area contributed by atoms with Gasteiger partial charge in [-0.05, 0) is 56.1 Å². The predicted octanol–water partition coefficient (Wildman–Crippen LogP) is 2.06. The number of fused-ring (bicyclic) bond motifs is 5. The summed E-state index contributed by atoms with van der Waals surface area (Å²) in [6, 6.07) is 7.68. The molecule has 2 N–H and O–H groups in total. The zero-order valence-electron chi connectivity index (χ0n) is 17.0. The average Bonchev–Trinajstić information content (AvgIpc) is 2.71. The number of nitrogens with zero attached hydrogens (tertiary/aromatic N) is 1. The summed E-state index contributed by atoms with van der Waals surface area (Å²) in [6.07, 6.45) is 6.95. The van der Waals surface area contributed by atoms with E-state index in [1.807, 2.05) is 17.0 Å². The van der Waals surface area contributed by atoms with Crippen molar-refractivity contribution in [1.82, 2.24) is 9.62 Å². The van der Waals surface area contributed by atoms with Gasteiger partial charge in [0.15, 0.2) is 0 Å². The highest BCUT2D eigenvalue weighted by atomic mass is 32.2. The number of piperidine rings is 1. The number of carbonyl (C=O) groups excluding carboxylic acids is 1. The molecule has 5 rings (SSSR count). The fourth-order valence-corrected chi connectivity index (χ4v) is 5.87. The lowest BCUT2D eigenvalue weighted by molar-refractivity contribution is -0.136. The summed E-state index contributed by atoms with van der Waals surface area (Å²) in [7, 11) is -3.36. The summed E-state index contributed by atoms with van der Waals surface area (Å²) in [5, 5.41) is 3.36. The number of para-hydroxylation sites is 1. The van der Waals surface area contributed by atoms with Crippen LogP contribution in [0.1, 0.15) is 50.0 Å². The summed E-state index contributed by atoms with van der Waals surface area (Å²) >= 11 is 0.